The number of ether oxygens (including phenoxy) is 1. The van der Waals surface area contributed by atoms with E-state index in [4.69, 9.17) is 13.8 Å². The predicted octanol–water partition coefficient (Wildman–Crippen LogP) is 22.2. The molecule has 1 N–H and O–H groups in total. The summed E-state index contributed by atoms with van der Waals surface area (Å²) in [5, 5.41) is 3.04. The van der Waals surface area contributed by atoms with Crippen molar-refractivity contribution in [3.63, 3.8) is 0 Å². The summed E-state index contributed by atoms with van der Waals surface area (Å²) in [6.07, 6.45) is 89.2. The Hall–Kier alpha value is -3.33. The molecule has 0 aliphatic rings. The van der Waals surface area contributed by atoms with Crippen LogP contribution >= 0.6 is 7.82 Å². The number of nitrogens with one attached hydrogen (secondary N) is 1. The smallest absolute Gasteiger partial charge is 0.306 e. The van der Waals surface area contributed by atoms with Gasteiger partial charge in [-0.25, -0.2) is 0 Å². The lowest BCUT2D eigenvalue weighted by Crippen LogP contribution is -2.47. The van der Waals surface area contributed by atoms with Gasteiger partial charge in [0, 0.05) is 12.8 Å². The minimum Gasteiger partial charge on any atom is -0.756 e. The molecule has 0 aromatic heterocycles. The van der Waals surface area contributed by atoms with Crippen LogP contribution in [-0.4, -0.2) is 69.4 Å². The molecule has 0 radical (unpaired) electrons. The molecule has 0 aliphatic carbocycles. The fourth-order valence-corrected chi connectivity index (χ4v) is 10.7. The molecule has 496 valence electrons. The molecule has 86 heavy (non-hydrogen) atoms. The molecule has 0 saturated heterocycles. The number of likely N-dealkylation sites (N-methyl/N-ethyl adjacent to an activating group) is 1. The number of carbonyl (C=O) groups is 2. The first kappa shape index (κ1) is 82.7. The van der Waals surface area contributed by atoms with E-state index in [0.717, 1.165) is 116 Å². The SMILES string of the molecule is CC/C=C\C/C=C\C/C=C\C/C=C\C/C=C\CCCCCCCC(=O)OC(/C=C\CCCCCCCCCCCC)C(COP(=O)([O-])OCC[N+](C)(C)C)NC(=O)CCCCCCCCCCCCCCCC/C=C\C/C=C\C/C=C\CCCCC. The van der Waals surface area contributed by atoms with Gasteiger partial charge in [0.2, 0.25) is 5.91 Å². The van der Waals surface area contributed by atoms with Crippen molar-refractivity contribution >= 4 is 19.7 Å². The fourth-order valence-electron chi connectivity index (χ4n) is 9.97. The van der Waals surface area contributed by atoms with Crippen LogP contribution in [0, 0.1) is 0 Å². The predicted molar refractivity (Wildman–Crippen MR) is 371 cm³/mol. The van der Waals surface area contributed by atoms with Crippen LogP contribution in [0.25, 0.3) is 0 Å². The standard InChI is InChI=1S/C76H135N2O7P/c1-7-10-13-16-19-22-25-28-30-32-34-36-37-38-39-40-41-43-44-46-48-50-53-56-59-62-65-68-75(79)77-73(72-84-86(81,82)83-71-70-78(4,5)6)74(67-64-61-58-55-52-27-24-21-18-15-12-9-3)85-76(80)69-66-63-60-57-54-51-49-47-45-42-35-33-31-29-26-23-20-17-14-11-8-2/h11,14,19-20,22-23,28-31,34-36,42,47,49,64,67,73-74H,7-10,12-13,15-18,21,24-27,32-33,37-41,43-46,48,50-63,65-66,68-72H2,1-6H3,(H-,77,79,81,82)/b14-11-,22-19-,23-20-,30-28-,31-29-,36-34-,42-35-,49-47-,67-64-. The molecule has 0 aromatic carbocycles. The van der Waals surface area contributed by atoms with E-state index in [1.807, 2.05) is 33.3 Å². The van der Waals surface area contributed by atoms with Gasteiger partial charge in [0.05, 0.1) is 33.8 Å². The lowest BCUT2D eigenvalue weighted by Gasteiger charge is -2.30. The maximum absolute atomic E-state index is 13.6. The number of hydrogen-bond acceptors (Lipinski definition) is 7. The van der Waals surface area contributed by atoms with E-state index in [2.05, 4.69) is 123 Å². The highest BCUT2D eigenvalue weighted by Crippen LogP contribution is 2.38. The minimum atomic E-state index is -4.72. The van der Waals surface area contributed by atoms with Gasteiger partial charge in [-0.3, -0.25) is 14.2 Å². The quantitative estimate of drug-likeness (QED) is 0.0212. The number of quaternary nitrogens is 1. The van der Waals surface area contributed by atoms with Crippen molar-refractivity contribution in [2.45, 2.75) is 322 Å². The molecule has 0 aliphatic heterocycles. The summed E-state index contributed by atoms with van der Waals surface area (Å²) < 4.78 is 30.4. The number of unbranched alkanes of at least 4 members (excludes halogenated alkanes) is 32. The van der Waals surface area contributed by atoms with Crippen molar-refractivity contribution in [2.24, 2.45) is 0 Å². The molecule has 0 fully saturated rings. The summed E-state index contributed by atoms with van der Waals surface area (Å²) >= 11 is 0. The lowest BCUT2D eigenvalue weighted by atomic mass is 10.0. The van der Waals surface area contributed by atoms with E-state index in [1.165, 1.54) is 154 Å². The summed E-state index contributed by atoms with van der Waals surface area (Å²) in [5.41, 5.74) is 0. The van der Waals surface area contributed by atoms with E-state index < -0.39 is 26.6 Å². The monoisotopic (exact) mass is 1220 g/mol. The zero-order valence-electron chi connectivity index (χ0n) is 56.7. The van der Waals surface area contributed by atoms with Gasteiger partial charge >= 0.3 is 5.97 Å². The Morgan fingerprint density at radius 2 is 0.744 bits per heavy atom. The number of esters is 1. The van der Waals surface area contributed by atoms with Crippen molar-refractivity contribution in [3.8, 4) is 0 Å². The number of hydrogen-bond donors (Lipinski definition) is 1. The number of nitrogens with zero attached hydrogens (tertiary/aromatic N) is 1. The zero-order chi connectivity index (χ0) is 62.8. The Morgan fingerprint density at radius 1 is 0.419 bits per heavy atom. The Labute approximate surface area is 531 Å². The first-order valence-electron chi connectivity index (χ1n) is 35.7. The Balaban J connectivity index is 5.08. The Morgan fingerprint density at radius 3 is 1.14 bits per heavy atom. The van der Waals surface area contributed by atoms with Crippen LogP contribution in [0.4, 0.5) is 0 Å². The largest absolute Gasteiger partial charge is 0.756 e. The highest BCUT2D eigenvalue weighted by molar-refractivity contribution is 7.45. The first-order chi connectivity index (χ1) is 41.9. The molecule has 0 saturated carbocycles. The van der Waals surface area contributed by atoms with Crippen molar-refractivity contribution in [1.29, 1.82) is 0 Å². The minimum absolute atomic E-state index is 0.0301. The van der Waals surface area contributed by atoms with Crippen LogP contribution < -0.4 is 10.2 Å². The highest BCUT2D eigenvalue weighted by Gasteiger charge is 2.27. The zero-order valence-corrected chi connectivity index (χ0v) is 57.6. The average molecular weight is 1220 g/mol. The molecule has 9 nitrogen and oxygen atoms in total. The second kappa shape index (κ2) is 64.6. The van der Waals surface area contributed by atoms with E-state index in [0.29, 0.717) is 23.9 Å². The number of phosphoric acid groups is 1. The molecule has 0 bridgehead atoms. The third-order valence-corrected chi connectivity index (χ3v) is 16.4. The van der Waals surface area contributed by atoms with E-state index in [1.54, 1.807) is 0 Å². The summed E-state index contributed by atoms with van der Waals surface area (Å²) in [4.78, 5) is 40.2. The molecule has 0 rings (SSSR count). The van der Waals surface area contributed by atoms with Gasteiger partial charge in [-0.05, 0) is 115 Å². The molecular formula is C76H135N2O7P. The van der Waals surface area contributed by atoms with E-state index in [9.17, 15) is 19.0 Å². The van der Waals surface area contributed by atoms with Gasteiger partial charge in [-0.1, -0.05) is 291 Å². The van der Waals surface area contributed by atoms with Crippen molar-refractivity contribution in [3.05, 3.63) is 109 Å². The second-order valence-electron chi connectivity index (χ2n) is 25.0. The normalized spacial score (nSPS) is 14.2. The first-order valence-corrected chi connectivity index (χ1v) is 37.2. The highest BCUT2D eigenvalue weighted by atomic mass is 31.2. The summed E-state index contributed by atoms with van der Waals surface area (Å²) in [7, 11) is 1.17. The summed E-state index contributed by atoms with van der Waals surface area (Å²) in [6.45, 7) is 6.70. The fraction of sp³-hybridized carbons (Fsp3) is 0.737. The molecule has 3 unspecified atom stereocenters. The molecule has 0 heterocycles. The third-order valence-electron chi connectivity index (χ3n) is 15.4. The van der Waals surface area contributed by atoms with Crippen molar-refractivity contribution in [2.75, 3.05) is 40.9 Å². The molecular weight excluding hydrogens is 1080 g/mol. The third kappa shape index (κ3) is 65.1. The van der Waals surface area contributed by atoms with Gasteiger partial charge < -0.3 is 28.5 Å². The topological polar surface area (TPSA) is 114 Å². The molecule has 3 atom stereocenters. The van der Waals surface area contributed by atoms with E-state index >= 15 is 0 Å². The van der Waals surface area contributed by atoms with Crippen LogP contribution in [0.2, 0.25) is 0 Å². The summed E-state index contributed by atoms with van der Waals surface area (Å²) in [6, 6.07) is -0.904. The van der Waals surface area contributed by atoms with Gasteiger partial charge in [0.15, 0.2) is 0 Å². The van der Waals surface area contributed by atoms with Crippen LogP contribution in [-0.2, 0) is 27.9 Å². The molecule has 10 heteroatoms. The number of phosphoric ester groups is 1. The van der Waals surface area contributed by atoms with Gasteiger partial charge in [0.25, 0.3) is 7.82 Å². The summed E-state index contributed by atoms with van der Waals surface area (Å²) in [5.74, 6) is -0.562. The lowest BCUT2D eigenvalue weighted by molar-refractivity contribution is -0.870. The Bertz CT molecular complexity index is 1840. The molecule has 0 aromatic rings. The average Bonchev–Trinajstić information content (AvgIpc) is 3.69. The van der Waals surface area contributed by atoms with Crippen LogP contribution in [0.15, 0.2) is 109 Å². The van der Waals surface area contributed by atoms with Crippen molar-refractivity contribution < 1.29 is 37.3 Å². The van der Waals surface area contributed by atoms with Gasteiger partial charge in [-0.2, -0.15) is 0 Å². The van der Waals surface area contributed by atoms with Crippen molar-refractivity contribution in [1.82, 2.24) is 5.32 Å². The van der Waals surface area contributed by atoms with Crippen LogP contribution in [0.3, 0.4) is 0 Å². The van der Waals surface area contributed by atoms with Gasteiger partial charge in [0.1, 0.15) is 19.3 Å². The maximum atomic E-state index is 13.6. The maximum Gasteiger partial charge on any atom is 0.306 e. The number of carbonyl (C=O) groups excluding carboxylic acids is 2. The molecule has 1 amide bonds. The number of amides is 1. The van der Waals surface area contributed by atoms with E-state index in [-0.39, 0.29) is 24.9 Å². The number of allylic oxidation sites excluding steroid dienone is 17. The van der Waals surface area contributed by atoms with Gasteiger partial charge in [-0.15, -0.1) is 0 Å². The van der Waals surface area contributed by atoms with Crippen LogP contribution in [0.1, 0.15) is 310 Å². The van der Waals surface area contributed by atoms with Crippen LogP contribution in [0.5, 0.6) is 0 Å². The molecule has 0 spiro atoms. The second-order valence-corrected chi connectivity index (χ2v) is 26.4. The Kier molecular flexibility index (Phi) is 62.1. The number of rotatable bonds is 64.